The molecule has 1 saturated heterocycles. The number of aromatic nitrogens is 1. The van der Waals surface area contributed by atoms with Crippen molar-refractivity contribution in [3.63, 3.8) is 0 Å². The SMILES string of the molecule is O=C(O)C1CCN(C(=O)Nc2ccc(OC(F)F)nc2)CC1. The quantitative estimate of drug-likeness (QED) is 0.887. The minimum Gasteiger partial charge on any atom is -0.481 e. The van der Waals surface area contributed by atoms with E-state index in [1.165, 1.54) is 23.2 Å². The number of nitrogens with one attached hydrogen (secondary N) is 1. The van der Waals surface area contributed by atoms with Crippen molar-refractivity contribution in [2.24, 2.45) is 5.92 Å². The van der Waals surface area contributed by atoms with Gasteiger partial charge in [-0.25, -0.2) is 9.78 Å². The number of likely N-dealkylation sites (tertiary alicyclic amines) is 1. The summed E-state index contributed by atoms with van der Waals surface area (Å²) in [5.41, 5.74) is 0.340. The van der Waals surface area contributed by atoms with E-state index in [1.54, 1.807) is 0 Å². The number of pyridine rings is 1. The zero-order valence-electron chi connectivity index (χ0n) is 11.5. The molecule has 22 heavy (non-hydrogen) atoms. The van der Waals surface area contributed by atoms with Crippen LogP contribution in [0.3, 0.4) is 0 Å². The van der Waals surface area contributed by atoms with Crippen LogP contribution in [0, 0.1) is 5.92 Å². The average Bonchev–Trinajstić information content (AvgIpc) is 2.49. The lowest BCUT2D eigenvalue weighted by atomic mass is 9.97. The zero-order valence-corrected chi connectivity index (χ0v) is 11.5. The average molecular weight is 315 g/mol. The number of halogens is 2. The van der Waals surface area contributed by atoms with Crippen molar-refractivity contribution < 1.29 is 28.2 Å². The van der Waals surface area contributed by atoms with Gasteiger partial charge in [0, 0.05) is 19.2 Å². The van der Waals surface area contributed by atoms with Crippen molar-refractivity contribution in [2.45, 2.75) is 19.5 Å². The number of carboxylic acids is 1. The highest BCUT2D eigenvalue weighted by atomic mass is 19.3. The summed E-state index contributed by atoms with van der Waals surface area (Å²) < 4.78 is 28.1. The Balaban J connectivity index is 1.86. The van der Waals surface area contributed by atoms with Gasteiger partial charge in [-0.05, 0) is 18.9 Å². The number of carbonyl (C=O) groups excluding carboxylic acids is 1. The molecule has 9 heteroatoms. The van der Waals surface area contributed by atoms with Gasteiger partial charge in [-0.15, -0.1) is 0 Å². The molecule has 1 aromatic rings. The van der Waals surface area contributed by atoms with Gasteiger partial charge in [-0.2, -0.15) is 8.78 Å². The van der Waals surface area contributed by atoms with Gasteiger partial charge < -0.3 is 20.1 Å². The van der Waals surface area contributed by atoms with E-state index in [0.29, 0.717) is 31.6 Å². The van der Waals surface area contributed by atoms with Gasteiger partial charge in [-0.3, -0.25) is 4.79 Å². The molecule has 1 fully saturated rings. The van der Waals surface area contributed by atoms with Crippen molar-refractivity contribution in [3.8, 4) is 5.88 Å². The number of ether oxygens (including phenoxy) is 1. The molecule has 0 spiro atoms. The van der Waals surface area contributed by atoms with E-state index >= 15 is 0 Å². The zero-order chi connectivity index (χ0) is 16.1. The van der Waals surface area contributed by atoms with E-state index in [9.17, 15) is 18.4 Å². The maximum absolute atomic E-state index is 12.0. The van der Waals surface area contributed by atoms with Crippen LogP contribution in [-0.4, -0.2) is 46.7 Å². The van der Waals surface area contributed by atoms with Gasteiger partial charge >= 0.3 is 18.6 Å². The predicted octanol–water partition coefficient (Wildman–Crippen LogP) is 2.01. The molecule has 0 aromatic carbocycles. The Labute approximate surface area is 124 Å². The van der Waals surface area contributed by atoms with E-state index in [-0.39, 0.29) is 11.9 Å². The summed E-state index contributed by atoms with van der Waals surface area (Å²) in [7, 11) is 0. The first kappa shape index (κ1) is 15.9. The second-order valence-electron chi connectivity index (χ2n) is 4.79. The molecule has 7 nitrogen and oxygen atoms in total. The third-order valence-corrected chi connectivity index (χ3v) is 3.33. The highest BCUT2D eigenvalue weighted by Gasteiger charge is 2.26. The van der Waals surface area contributed by atoms with Crippen LogP contribution in [0.5, 0.6) is 5.88 Å². The number of hydrogen-bond acceptors (Lipinski definition) is 4. The highest BCUT2D eigenvalue weighted by Crippen LogP contribution is 2.19. The van der Waals surface area contributed by atoms with Crippen molar-refractivity contribution in [3.05, 3.63) is 18.3 Å². The molecule has 1 aliphatic rings. The second kappa shape index (κ2) is 7.01. The lowest BCUT2D eigenvalue weighted by Gasteiger charge is -2.30. The molecule has 1 aliphatic heterocycles. The molecule has 2 amide bonds. The fourth-order valence-electron chi connectivity index (χ4n) is 2.15. The molecular weight excluding hydrogens is 300 g/mol. The van der Waals surface area contributed by atoms with Gasteiger partial charge in [0.25, 0.3) is 0 Å². The van der Waals surface area contributed by atoms with Gasteiger partial charge in [0.05, 0.1) is 17.8 Å². The Morgan fingerprint density at radius 2 is 2.05 bits per heavy atom. The number of alkyl halides is 2. The molecular formula is C13H15F2N3O4. The Hall–Kier alpha value is -2.45. The number of aliphatic carboxylic acids is 1. The van der Waals surface area contributed by atoms with Crippen LogP contribution in [0.25, 0.3) is 0 Å². The molecule has 2 rings (SSSR count). The number of hydrogen-bond donors (Lipinski definition) is 2. The molecule has 0 aliphatic carbocycles. The van der Waals surface area contributed by atoms with Crippen LogP contribution >= 0.6 is 0 Å². The first-order valence-electron chi connectivity index (χ1n) is 6.65. The third-order valence-electron chi connectivity index (χ3n) is 3.33. The second-order valence-corrected chi connectivity index (χ2v) is 4.79. The number of carbonyl (C=O) groups is 2. The normalized spacial score (nSPS) is 15.7. The number of urea groups is 1. The first-order chi connectivity index (χ1) is 10.5. The lowest BCUT2D eigenvalue weighted by molar-refractivity contribution is -0.143. The number of rotatable bonds is 4. The summed E-state index contributed by atoms with van der Waals surface area (Å²) in [5.74, 6) is -1.51. The molecule has 0 atom stereocenters. The number of carboxylic acid groups (broad SMARTS) is 1. The van der Waals surface area contributed by atoms with Crippen molar-refractivity contribution in [1.29, 1.82) is 0 Å². The molecule has 0 saturated carbocycles. The predicted molar refractivity (Wildman–Crippen MR) is 71.8 cm³/mol. The van der Waals surface area contributed by atoms with Crippen LogP contribution in [0.2, 0.25) is 0 Å². The number of nitrogens with zero attached hydrogens (tertiary/aromatic N) is 2. The molecule has 1 aromatic heterocycles. The summed E-state index contributed by atoms with van der Waals surface area (Å²) >= 11 is 0. The van der Waals surface area contributed by atoms with Crippen molar-refractivity contribution in [1.82, 2.24) is 9.88 Å². The molecule has 2 N–H and O–H groups in total. The van der Waals surface area contributed by atoms with Gasteiger partial charge in [0.1, 0.15) is 0 Å². The summed E-state index contributed by atoms with van der Waals surface area (Å²) in [5, 5.41) is 11.5. The van der Waals surface area contributed by atoms with E-state index in [4.69, 9.17) is 5.11 Å². The Bertz CT molecular complexity index is 531. The summed E-state index contributed by atoms with van der Waals surface area (Å²) in [4.78, 5) is 28.0. The Morgan fingerprint density at radius 1 is 1.36 bits per heavy atom. The maximum atomic E-state index is 12.0. The van der Waals surface area contributed by atoms with Gasteiger partial charge in [0.15, 0.2) is 0 Å². The van der Waals surface area contributed by atoms with Crippen LogP contribution in [0.1, 0.15) is 12.8 Å². The number of piperidine rings is 1. The maximum Gasteiger partial charge on any atom is 0.388 e. The lowest BCUT2D eigenvalue weighted by Crippen LogP contribution is -2.42. The monoisotopic (exact) mass is 315 g/mol. The van der Waals surface area contributed by atoms with Crippen LogP contribution < -0.4 is 10.1 Å². The topological polar surface area (TPSA) is 91.8 Å². The molecule has 0 radical (unpaired) electrons. The standard InChI is InChI=1S/C13H15F2N3O4/c14-12(15)22-10-2-1-9(7-16-10)17-13(21)18-5-3-8(4-6-18)11(19)20/h1-2,7-8,12H,3-6H2,(H,17,21)(H,19,20). The fourth-order valence-corrected chi connectivity index (χ4v) is 2.15. The molecule has 2 heterocycles. The smallest absolute Gasteiger partial charge is 0.388 e. The largest absolute Gasteiger partial charge is 0.481 e. The van der Waals surface area contributed by atoms with E-state index in [2.05, 4.69) is 15.0 Å². The van der Waals surface area contributed by atoms with Crippen molar-refractivity contribution >= 4 is 17.7 Å². The van der Waals surface area contributed by atoms with Crippen LogP contribution in [-0.2, 0) is 4.79 Å². The number of amides is 2. The minimum absolute atomic E-state index is 0.240. The minimum atomic E-state index is -2.96. The fraction of sp³-hybridized carbons (Fsp3) is 0.462. The van der Waals surface area contributed by atoms with E-state index < -0.39 is 18.5 Å². The van der Waals surface area contributed by atoms with E-state index in [0.717, 1.165) is 0 Å². The summed E-state index contributed by atoms with van der Waals surface area (Å²) in [6.07, 6.45) is 2.02. The number of anilines is 1. The van der Waals surface area contributed by atoms with Gasteiger partial charge in [-0.1, -0.05) is 0 Å². The Kier molecular flexibility index (Phi) is 5.08. The van der Waals surface area contributed by atoms with Crippen LogP contribution in [0.15, 0.2) is 18.3 Å². The summed E-state index contributed by atoms with van der Waals surface area (Å²) in [6.45, 7) is -2.26. The van der Waals surface area contributed by atoms with Crippen LogP contribution in [0.4, 0.5) is 19.3 Å². The molecule has 0 bridgehead atoms. The van der Waals surface area contributed by atoms with Gasteiger partial charge in [0.2, 0.25) is 5.88 Å². The Morgan fingerprint density at radius 3 is 2.55 bits per heavy atom. The first-order valence-corrected chi connectivity index (χ1v) is 6.65. The highest BCUT2D eigenvalue weighted by molar-refractivity contribution is 5.89. The van der Waals surface area contributed by atoms with E-state index in [1.807, 2.05) is 0 Å². The molecule has 120 valence electrons. The third kappa shape index (κ3) is 4.27. The molecule has 0 unspecified atom stereocenters. The van der Waals surface area contributed by atoms with Crippen molar-refractivity contribution in [2.75, 3.05) is 18.4 Å². The summed E-state index contributed by atoms with van der Waals surface area (Å²) in [6, 6.07) is 2.23.